The number of carbonyl (C=O) groups is 1. The lowest BCUT2D eigenvalue weighted by molar-refractivity contribution is -0.131. The molecule has 3 aromatic rings. The van der Waals surface area contributed by atoms with Crippen LogP contribution >= 0.6 is 11.6 Å². The summed E-state index contributed by atoms with van der Waals surface area (Å²) in [5.41, 5.74) is 0.760. The topological polar surface area (TPSA) is 93.4 Å². The van der Waals surface area contributed by atoms with E-state index in [9.17, 15) is 9.90 Å². The second kappa shape index (κ2) is 7.95. The van der Waals surface area contributed by atoms with E-state index >= 15 is 0 Å². The van der Waals surface area contributed by atoms with Crippen molar-refractivity contribution >= 4 is 17.5 Å². The average molecular weight is 400 g/mol. The highest BCUT2D eigenvalue weighted by molar-refractivity contribution is 6.30. The maximum absolute atomic E-state index is 12.6. The Balaban J connectivity index is 1.37. The van der Waals surface area contributed by atoms with Gasteiger partial charge in [0.05, 0.1) is 13.1 Å². The fourth-order valence-electron chi connectivity index (χ4n) is 3.00. The zero-order valence-electron chi connectivity index (χ0n) is 14.8. The summed E-state index contributed by atoms with van der Waals surface area (Å²) < 4.78 is 5.78. The Kier molecular flexibility index (Phi) is 5.23. The van der Waals surface area contributed by atoms with Crippen LogP contribution in [0.25, 0.3) is 11.4 Å². The molecule has 0 saturated carbocycles. The van der Waals surface area contributed by atoms with E-state index in [1.54, 1.807) is 29.2 Å². The van der Waals surface area contributed by atoms with E-state index in [0.717, 1.165) is 5.56 Å². The van der Waals surface area contributed by atoms with E-state index in [1.165, 1.54) is 4.80 Å². The molecule has 1 aromatic heterocycles. The maximum Gasteiger partial charge on any atom is 0.246 e. The van der Waals surface area contributed by atoms with Crippen molar-refractivity contribution in [2.24, 2.45) is 0 Å². The summed E-state index contributed by atoms with van der Waals surface area (Å²) in [6, 6.07) is 16.3. The number of aromatic nitrogens is 4. The SMILES string of the molecule is O=C(Cn1nnc(-c2ccc(Cl)cc2)n1)N1C[C@@H](O)[C@H](Oc2ccccc2)C1. The quantitative estimate of drug-likeness (QED) is 0.701. The number of likely N-dealkylation sites (tertiary alicyclic amines) is 1. The van der Waals surface area contributed by atoms with Gasteiger partial charge in [-0.05, 0) is 41.6 Å². The third-order valence-corrected chi connectivity index (χ3v) is 4.70. The van der Waals surface area contributed by atoms with Crippen LogP contribution in [0.2, 0.25) is 5.02 Å². The summed E-state index contributed by atoms with van der Waals surface area (Å²) >= 11 is 5.88. The predicted molar refractivity (Wildman–Crippen MR) is 102 cm³/mol. The summed E-state index contributed by atoms with van der Waals surface area (Å²) in [5.74, 6) is 0.862. The van der Waals surface area contributed by atoms with Gasteiger partial charge in [0.25, 0.3) is 0 Å². The van der Waals surface area contributed by atoms with Crippen LogP contribution in [-0.4, -0.2) is 61.4 Å². The molecule has 1 saturated heterocycles. The van der Waals surface area contributed by atoms with Gasteiger partial charge in [0.2, 0.25) is 11.7 Å². The minimum absolute atomic E-state index is 0.0641. The van der Waals surface area contributed by atoms with Crippen molar-refractivity contribution in [2.75, 3.05) is 13.1 Å². The highest BCUT2D eigenvalue weighted by atomic mass is 35.5. The molecule has 1 amide bonds. The number of rotatable bonds is 5. The molecule has 4 rings (SSSR count). The van der Waals surface area contributed by atoms with Gasteiger partial charge in [-0.3, -0.25) is 4.79 Å². The molecule has 0 bridgehead atoms. The molecule has 0 unspecified atom stereocenters. The monoisotopic (exact) mass is 399 g/mol. The Morgan fingerprint density at radius 2 is 1.89 bits per heavy atom. The van der Waals surface area contributed by atoms with Gasteiger partial charge in [-0.1, -0.05) is 29.8 Å². The van der Waals surface area contributed by atoms with Gasteiger partial charge in [0.1, 0.15) is 24.5 Å². The third kappa shape index (κ3) is 4.13. The molecule has 2 atom stereocenters. The average Bonchev–Trinajstić information content (AvgIpc) is 3.30. The van der Waals surface area contributed by atoms with Crippen LogP contribution < -0.4 is 4.74 Å². The molecular weight excluding hydrogens is 382 g/mol. The normalized spacial score (nSPS) is 19.0. The number of halogens is 1. The highest BCUT2D eigenvalue weighted by Gasteiger charge is 2.35. The van der Waals surface area contributed by atoms with Gasteiger partial charge < -0.3 is 14.7 Å². The maximum atomic E-state index is 12.6. The second-order valence-electron chi connectivity index (χ2n) is 6.49. The number of nitrogens with zero attached hydrogens (tertiary/aromatic N) is 5. The lowest BCUT2D eigenvalue weighted by atomic mass is 10.2. The standard InChI is InChI=1S/C19H18ClN5O3/c20-14-8-6-13(7-9-14)19-21-23-25(22-19)12-18(27)24-10-16(26)17(11-24)28-15-4-2-1-3-5-15/h1-9,16-17,26H,10-12H2/t16-,17-/m1/s1. The van der Waals surface area contributed by atoms with Gasteiger partial charge in [0, 0.05) is 10.6 Å². The predicted octanol–water partition coefficient (Wildman–Crippen LogP) is 1.64. The highest BCUT2D eigenvalue weighted by Crippen LogP contribution is 2.19. The number of hydrogen-bond acceptors (Lipinski definition) is 6. The number of hydrogen-bond donors (Lipinski definition) is 1. The summed E-state index contributed by atoms with van der Waals surface area (Å²) in [4.78, 5) is 15.3. The van der Waals surface area contributed by atoms with Crippen LogP contribution in [-0.2, 0) is 11.3 Å². The van der Waals surface area contributed by atoms with Crippen molar-refractivity contribution in [1.82, 2.24) is 25.1 Å². The molecule has 28 heavy (non-hydrogen) atoms. The number of carbonyl (C=O) groups excluding carboxylic acids is 1. The van der Waals surface area contributed by atoms with E-state index in [2.05, 4.69) is 15.4 Å². The van der Waals surface area contributed by atoms with Gasteiger partial charge in [-0.15, -0.1) is 10.2 Å². The lowest BCUT2D eigenvalue weighted by Gasteiger charge is -2.17. The van der Waals surface area contributed by atoms with Gasteiger partial charge in [-0.25, -0.2) is 0 Å². The largest absolute Gasteiger partial charge is 0.486 e. The van der Waals surface area contributed by atoms with E-state index in [0.29, 0.717) is 23.1 Å². The van der Waals surface area contributed by atoms with Crippen LogP contribution in [0.1, 0.15) is 0 Å². The number of aliphatic hydroxyl groups is 1. The van der Waals surface area contributed by atoms with E-state index < -0.39 is 12.2 Å². The summed E-state index contributed by atoms with van der Waals surface area (Å²) in [6.45, 7) is 0.439. The first-order valence-electron chi connectivity index (χ1n) is 8.80. The molecule has 1 aliphatic rings. The van der Waals surface area contributed by atoms with Crippen molar-refractivity contribution in [2.45, 2.75) is 18.8 Å². The first-order chi connectivity index (χ1) is 13.6. The van der Waals surface area contributed by atoms with Crippen molar-refractivity contribution in [3.8, 4) is 17.1 Å². The number of amides is 1. The van der Waals surface area contributed by atoms with Crippen LogP contribution in [0.3, 0.4) is 0 Å². The van der Waals surface area contributed by atoms with Gasteiger partial charge in [-0.2, -0.15) is 4.80 Å². The van der Waals surface area contributed by atoms with Gasteiger partial charge in [0.15, 0.2) is 0 Å². The van der Waals surface area contributed by atoms with Crippen molar-refractivity contribution in [3.05, 3.63) is 59.6 Å². The molecule has 2 aromatic carbocycles. The van der Waals surface area contributed by atoms with Crippen molar-refractivity contribution in [1.29, 1.82) is 0 Å². The third-order valence-electron chi connectivity index (χ3n) is 4.45. The molecule has 0 radical (unpaired) electrons. The number of aliphatic hydroxyl groups excluding tert-OH is 1. The van der Waals surface area contributed by atoms with Crippen molar-refractivity contribution in [3.63, 3.8) is 0 Å². The molecule has 9 heteroatoms. The Morgan fingerprint density at radius 3 is 2.64 bits per heavy atom. The fourth-order valence-corrected chi connectivity index (χ4v) is 3.12. The molecule has 0 aliphatic carbocycles. The van der Waals surface area contributed by atoms with Crippen LogP contribution in [0.4, 0.5) is 0 Å². The van der Waals surface area contributed by atoms with E-state index in [4.69, 9.17) is 16.3 Å². The summed E-state index contributed by atoms with van der Waals surface area (Å²) in [5, 5.41) is 23.0. The number of ether oxygens (including phenoxy) is 1. The number of tetrazole rings is 1. The van der Waals surface area contributed by atoms with Gasteiger partial charge >= 0.3 is 0 Å². The van der Waals surface area contributed by atoms with Crippen LogP contribution in [0.5, 0.6) is 5.75 Å². The number of para-hydroxylation sites is 1. The summed E-state index contributed by atoms with van der Waals surface area (Å²) in [6.07, 6.45) is -1.22. The smallest absolute Gasteiger partial charge is 0.246 e. The minimum Gasteiger partial charge on any atom is -0.486 e. The first-order valence-corrected chi connectivity index (χ1v) is 9.17. The molecule has 1 fully saturated rings. The van der Waals surface area contributed by atoms with E-state index in [-0.39, 0.29) is 19.0 Å². The molecule has 8 nitrogen and oxygen atoms in total. The summed E-state index contributed by atoms with van der Waals surface area (Å²) in [7, 11) is 0. The molecule has 1 N–H and O–H groups in total. The second-order valence-corrected chi connectivity index (χ2v) is 6.92. The number of β-amino-alcohol motifs (C(OH)–C–C–N with tert-alkyl or cyclic N) is 1. The number of benzene rings is 2. The lowest BCUT2D eigenvalue weighted by Crippen LogP contribution is -2.34. The van der Waals surface area contributed by atoms with Crippen LogP contribution in [0, 0.1) is 0 Å². The zero-order valence-corrected chi connectivity index (χ0v) is 15.6. The van der Waals surface area contributed by atoms with Crippen molar-refractivity contribution < 1.29 is 14.6 Å². The Labute approximate surface area is 166 Å². The first kappa shape index (κ1) is 18.4. The molecule has 1 aliphatic heterocycles. The molecule has 2 heterocycles. The minimum atomic E-state index is -0.752. The fraction of sp³-hybridized carbons (Fsp3) is 0.263. The molecule has 144 valence electrons. The van der Waals surface area contributed by atoms with Crippen LogP contribution in [0.15, 0.2) is 54.6 Å². The molecular formula is C19H18ClN5O3. The Bertz CT molecular complexity index is 948. The Hall–Kier alpha value is -2.97. The van der Waals surface area contributed by atoms with E-state index in [1.807, 2.05) is 30.3 Å². The zero-order chi connectivity index (χ0) is 19.5. The molecule has 0 spiro atoms. The Morgan fingerprint density at radius 1 is 1.14 bits per heavy atom.